The van der Waals surface area contributed by atoms with Crippen LogP contribution in [0.3, 0.4) is 0 Å². The fraction of sp³-hybridized carbons (Fsp3) is 0.385. The molecule has 35 heavy (non-hydrogen) atoms. The maximum Gasteiger partial charge on any atom is 0.255 e. The van der Waals surface area contributed by atoms with Gasteiger partial charge in [-0.05, 0) is 54.8 Å². The molecule has 2 aliphatic rings. The number of H-pyrrole nitrogens is 1. The molecule has 1 aromatic heterocycles. The van der Waals surface area contributed by atoms with Crippen molar-refractivity contribution in [1.82, 2.24) is 14.8 Å². The van der Waals surface area contributed by atoms with Crippen molar-refractivity contribution in [3.8, 4) is 23.0 Å². The van der Waals surface area contributed by atoms with E-state index in [4.69, 9.17) is 18.9 Å². The van der Waals surface area contributed by atoms with E-state index in [2.05, 4.69) is 4.98 Å². The summed E-state index contributed by atoms with van der Waals surface area (Å²) in [5, 5.41) is 1.02. The molecule has 1 fully saturated rings. The van der Waals surface area contributed by atoms with E-state index in [-0.39, 0.29) is 24.9 Å². The van der Waals surface area contributed by atoms with Gasteiger partial charge in [0.15, 0.2) is 17.0 Å². The van der Waals surface area contributed by atoms with E-state index in [1.807, 2.05) is 25.1 Å². The first-order valence-electron chi connectivity index (χ1n) is 11.4. The van der Waals surface area contributed by atoms with Crippen LogP contribution in [0, 0.1) is 0 Å². The summed E-state index contributed by atoms with van der Waals surface area (Å²) in [7, 11) is 6.26. The Bertz CT molecular complexity index is 1310. The molecular formula is C26H29N3O6. The van der Waals surface area contributed by atoms with E-state index in [0.717, 1.165) is 33.5 Å². The number of rotatable bonds is 6. The highest BCUT2D eigenvalue weighted by molar-refractivity contribution is 6.00. The maximum atomic E-state index is 14.0. The molecule has 0 aliphatic carbocycles. The Morgan fingerprint density at radius 1 is 0.971 bits per heavy atom. The number of ether oxygens (including phenoxy) is 4. The zero-order chi connectivity index (χ0) is 24.9. The Hall–Kier alpha value is -3.88. The molecular weight excluding hydrogens is 450 g/mol. The second-order valence-electron chi connectivity index (χ2n) is 8.95. The Morgan fingerprint density at radius 3 is 2.31 bits per heavy atom. The average Bonchev–Trinajstić information content (AvgIpc) is 3.25. The van der Waals surface area contributed by atoms with Crippen LogP contribution < -0.4 is 18.9 Å². The number of nitrogens with zero attached hydrogens (tertiary/aromatic N) is 2. The number of amides is 2. The molecule has 2 aliphatic heterocycles. The second kappa shape index (κ2) is 8.41. The largest absolute Gasteiger partial charge is 0.497 e. The molecule has 1 unspecified atom stereocenters. The number of benzene rings is 2. The van der Waals surface area contributed by atoms with Crippen molar-refractivity contribution in [2.45, 2.75) is 25.4 Å². The summed E-state index contributed by atoms with van der Waals surface area (Å²) in [6.45, 7) is 2.55. The first-order chi connectivity index (χ1) is 16.8. The van der Waals surface area contributed by atoms with Crippen molar-refractivity contribution in [3.05, 3.63) is 47.2 Å². The molecule has 3 heterocycles. The fourth-order valence-electron chi connectivity index (χ4n) is 5.41. The lowest BCUT2D eigenvalue weighted by molar-refractivity contribution is -0.166. The van der Waals surface area contributed by atoms with E-state index in [0.29, 0.717) is 30.2 Å². The minimum Gasteiger partial charge on any atom is -0.497 e. The lowest BCUT2D eigenvalue weighted by Gasteiger charge is -2.49. The summed E-state index contributed by atoms with van der Waals surface area (Å²) in [6.07, 6.45) is 0.671. The maximum absolute atomic E-state index is 14.0. The molecule has 184 valence electrons. The van der Waals surface area contributed by atoms with Crippen LogP contribution in [0.4, 0.5) is 0 Å². The molecule has 2 aromatic carbocycles. The third kappa shape index (κ3) is 3.37. The number of fused-ring (bicyclic) bond motifs is 5. The van der Waals surface area contributed by atoms with E-state index < -0.39 is 5.54 Å². The SMILES string of the molecule is COc1ccc2[nH]c3c(c2c1)CCN1C(=O)CN(Cc2cc(OC)c(OC)c(OC)c2)C(=O)C31C. The Labute approximate surface area is 203 Å². The van der Waals surface area contributed by atoms with Gasteiger partial charge in [-0.25, -0.2) is 0 Å². The van der Waals surface area contributed by atoms with Crippen molar-refractivity contribution < 1.29 is 28.5 Å². The van der Waals surface area contributed by atoms with Gasteiger partial charge in [0.05, 0.1) is 34.1 Å². The number of carbonyl (C=O) groups excluding carboxylic acids is 2. The normalized spacial score (nSPS) is 19.5. The summed E-state index contributed by atoms with van der Waals surface area (Å²) in [5.74, 6) is 2.00. The van der Waals surface area contributed by atoms with Crippen LogP contribution >= 0.6 is 0 Å². The molecule has 1 saturated heterocycles. The summed E-state index contributed by atoms with van der Waals surface area (Å²) >= 11 is 0. The van der Waals surface area contributed by atoms with Gasteiger partial charge in [0.25, 0.3) is 5.91 Å². The molecule has 9 heteroatoms. The van der Waals surface area contributed by atoms with Gasteiger partial charge < -0.3 is 33.7 Å². The van der Waals surface area contributed by atoms with E-state index >= 15 is 0 Å². The molecule has 1 atom stereocenters. The first kappa shape index (κ1) is 22.9. The molecule has 3 aromatic rings. The third-order valence-electron chi connectivity index (χ3n) is 7.15. The minimum atomic E-state index is -1.13. The molecule has 2 amide bonds. The zero-order valence-electron chi connectivity index (χ0n) is 20.6. The number of aromatic nitrogens is 1. The van der Waals surface area contributed by atoms with Gasteiger partial charge in [-0.1, -0.05) is 0 Å². The lowest BCUT2D eigenvalue weighted by atomic mass is 9.83. The average molecular weight is 480 g/mol. The quantitative estimate of drug-likeness (QED) is 0.585. The van der Waals surface area contributed by atoms with Gasteiger partial charge in [-0.3, -0.25) is 9.59 Å². The Morgan fingerprint density at radius 2 is 1.69 bits per heavy atom. The molecule has 0 spiro atoms. The standard InChI is InChI=1S/C26H29N3O6/c1-26-24-17(18-12-16(32-2)6-7-19(18)27-24)8-9-29(26)22(30)14-28(25(26)31)13-15-10-20(33-3)23(35-5)21(11-15)34-4/h6-7,10-12,27H,8-9,13-14H2,1-5H3. The van der Waals surface area contributed by atoms with Crippen LogP contribution in [0.1, 0.15) is 23.7 Å². The van der Waals surface area contributed by atoms with Crippen LogP contribution in [0.2, 0.25) is 0 Å². The molecule has 1 N–H and O–H groups in total. The van der Waals surface area contributed by atoms with Gasteiger partial charge >= 0.3 is 0 Å². The van der Waals surface area contributed by atoms with E-state index in [1.165, 1.54) is 0 Å². The van der Waals surface area contributed by atoms with Crippen molar-refractivity contribution in [3.63, 3.8) is 0 Å². The minimum absolute atomic E-state index is 0.00840. The highest BCUT2D eigenvalue weighted by Gasteiger charge is 2.54. The highest BCUT2D eigenvalue weighted by atomic mass is 16.5. The van der Waals surface area contributed by atoms with Gasteiger partial charge in [-0.2, -0.15) is 0 Å². The Balaban J connectivity index is 1.55. The molecule has 0 bridgehead atoms. The molecule has 5 rings (SSSR count). The summed E-state index contributed by atoms with van der Waals surface area (Å²) in [4.78, 5) is 34.0. The van der Waals surface area contributed by atoms with Crippen molar-refractivity contribution >= 4 is 22.7 Å². The third-order valence-corrected chi connectivity index (χ3v) is 7.15. The number of piperazine rings is 1. The predicted molar refractivity (Wildman–Crippen MR) is 129 cm³/mol. The first-order valence-corrected chi connectivity index (χ1v) is 11.4. The number of carbonyl (C=O) groups is 2. The fourth-order valence-corrected chi connectivity index (χ4v) is 5.41. The lowest BCUT2D eigenvalue weighted by Crippen LogP contribution is -2.66. The molecule has 0 radical (unpaired) electrons. The van der Waals surface area contributed by atoms with Crippen LogP contribution in [-0.2, 0) is 28.1 Å². The number of hydrogen-bond donors (Lipinski definition) is 1. The van der Waals surface area contributed by atoms with Crippen LogP contribution in [0.15, 0.2) is 30.3 Å². The van der Waals surface area contributed by atoms with E-state index in [1.54, 1.807) is 50.4 Å². The second-order valence-corrected chi connectivity index (χ2v) is 8.95. The molecule has 9 nitrogen and oxygen atoms in total. The van der Waals surface area contributed by atoms with E-state index in [9.17, 15) is 9.59 Å². The smallest absolute Gasteiger partial charge is 0.255 e. The summed E-state index contributed by atoms with van der Waals surface area (Å²) < 4.78 is 21.7. The zero-order valence-corrected chi connectivity index (χ0v) is 20.6. The number of hydrogen-bond acceptors (Lipinski definition) is 6. The number of methoxy groups -OCH3 is 4. The highest BCUT2D eigenvalue weighted by Crippen LogP contribution is 2.43. The van der Waals surface area contributed by atoms with Crippen molar-refractivity contribution in [2.24, 2.45) is 0 Å². The van der Waals surface area contributed by atoms with Crippen LogP contribution in [-0.4, -0.2) is 68.1 Å². The number of aromatic amines is 1. The van der Waals surface area contributed by atoms with Gasteiger partial charge in [0, 0.05) is 24.0 Å². The van der Waals surface area contributed by atoms with Crippen molar-refractivity contribution in [2.75, 3.05) is 41.5 Å². The van der Waals surface area contributed by atoms with Gasteiger partial charge in [0.2, 0.25) is 11.7 Å². The monoisotopic (exact) mass is 479 g/mol. The Kier molecular flexibility index (Phi) is 5.50. The van der Waals surface area contributed by atoms with Crippen LogP contribution in [0.25, 0.3) is 10.9 Å². The topological polar surface area (TPSA) is 93.3 Å². The van der Waals surface area contributed by atoms with Crippen LogP contribution in [0.5, 0.6) is 23.0 Å². The summed E-state index contributed by atoms with van der Waals surface area (Å²) in [5.41, 5.74) is 2.37. The summed E-state index contributed by atoms with van der Waals surface area (Å²) in [6, 6.07) is 9.41. The number of nitrogens with one attached hydrogen (secondary N) is 1. The van der Waals surface area contributed by atoms with Gasteiger partial charge in [0.1, 0.15) is 12.3 Å². The van der Waals surface area contributed by atoms with Gasteiger partial charge in [-0.15, -0.1) is 0 Å². The van der Waals surface area contributed by atoms with Crippen molar-refractivity contribution in [1.29, 1.82) is 0 Å². The molecule has 0 saturated carbocycles. The predicted octanol–water partition coefficient (Wildman–Crippen LogP) is 2.84.